The third kappa shape index (κ3) is 5.57. The molecule has 0 aliphatic rings. The Labute approximate surface area is 104 Å². The van der Waals surface area contributed by atoms with Gasteiger partial charge in [-0.2, -0.15) is 0 Å². The van der Waals surface area contributed by atoms with Crippen molar-refractivity contribution in [3.05, 3.63) is 29.8 Å². The molecule has 1 nitrogen and oxygen atoms in total. The zero-order valence-electron chi connectivity index (χ0n) is 11.0. The van der Waals surface area contributed by atoms with Gasteiger partial charge in [0.25, 0.3) is 0 Å². The van der Waals surface area contributed by atoms with Crippen molar-refractivity contribution in [2.45, 2.75) is 56.8 Å². The van der Waals surface area contributed by atoms with E-state index in [1.54, 1.807) is 0 Å². The molecule has 0 aliphatic carbocycles. The van der Waals surface area contributed by atoms with E-state index in [9.17, 15) is 0 Å². The summed E-state index contributed by atoms with van der Waals surface area (Å²) in [5.74, 6) is 0. The number of rotatable bonds is 4. The van der Waals surface area contributed by atoms with Crippen LogP contribution in [-0.4, -0.2) is 10.8 Å². The Morgan fingerprint density at radius 3 is 2.12 bits per heavy atom. The van der Waals surface area contributed by atoms with Gasteiger partial charge in [0, 0.05) is 22.2 Å². The van der Waals surface area contributed by atoms with Gasteiger partial charge >= 0.3 is 0 Å². The van der Waals surface area contributed by atoms with Crippen LogP contribution in [0.1, 0.15) is 40.2 Å². The van der Waals surface area contributed by atoms with Crippen molar-refractivity contribution < 1.29 is 0 Å². The van der Waals surface area contributed by atoms with E-state index >= 15 is 0 Å². The summed E-state index contributed by atoms with van der Waals surface area (Å²) in [5.41, 5.74) is 1.35. The quantitative estimate of drug-likeness (QED) is 0.792. The first-order valence-electron chi connectivity index (χ1n) is 5.88. The molecule has 0 aliphatic heterocycles. The van der Waals surface area contributed by atoms with Gasteiger partial charge in [-0.3, -0.25) is 0 Å². The lowest BCUT2D eigenvalue weighted by Crippen LogP contribution is -2.21. The highest BCUT2D eigenvalue weighted by Gasteiger charge is 2.11. The largest absolute Gasteiger partial charge is 0.310 e. The van der Waals surface area contributed by atoms with Gasteiger partial charge < -0.3 is 5.32 Å². The highest BCUT2D eigenvalue weighted by Crippen LogP contribution is 2.31. The molecule has 1 aromatic rings. The van der Waals surface area contributed by atoms with Crippen LogP contribution in [0.15, 0.2) is 29.2 Å². The Bertz CT molecular complexity index is 309. The molecule has 0 radical (unpaired) electrons. The molecule has 2 heteroatoms. The Morgan fingerprint density at radius 1 is 1.12 bits per heavy atom. The topological polar surface area (TPSA) is 12.0 Å². The van der Waals surface area contributed by atoms with E-state index in [4.69, 9.17) is 0 Å². The Balaban J connectivity index is 2.54. The summed E-state index contributed by atoms with van der Waals surface area (Å²) in [6, 6.07) is 9.40. The summed E-state index contributed by atoms with van der Waals surface area (Å²) in [7, 11) is 0. The van der Waals surface area contributed by atoms with Crippen LogP contribution in [0.4, 0.5) is 0 Å². The SMILES string of the molecule is CC(C)NCc1ccc(SC(C)(C)C)cc1. The fraction of sp³-hybridized carbons (Fsp3) is 0.571. The van der Waals surface area contributed by atoms with Crippen LogP contribution in [0.2, 0.25) is 0 Å². The van der Waals surface area contributed by atoms with Crippen LogP contribution in [0.5, 0.6) is 0 Å². The highest BCUT2D eigenvalue weighted by molar-refractivity contribution is 8.00. The highest BCUT2D eigenvalue weighted by atomic mass is 32.2. The molecule has 0 spiro atoms. The van der Waals surface area contributed by atoms with Gasteiger partial charge in [0.2, 0.25) is 0 Å². The smallest absolute Gasteiger partial charge is 0.0207 e. The van der Waals surface area contributed by atoms with Crippen LogP contribution in [0, 0.1) is 0 Å². The molecule has 0 fully saturated rings. The average Bonchev–Trinajstić information content (AvgIpc) is 2.14. The molecule has 0 unspecified atom stereocenters. The van der Waals surface area contributed by atoms with Crippen molar-refractivity contribution in [1.29, 1.82) is 0 Å². The van der Waals surface area contributed by atoms with Crippen LogP contribution >= 0.6 is 11.8 Å². The summed E-state index contributed by atoms with van der Waals surface area (Å²) in [6.07, 6.45) is 0. The first-order valence-corrected chi connectivity index (χ1v) is 6.70. The molecule has 0 bridgehead atoms. The predicted molar refractivity (Wildman–Crippen MR) is 74.0 cm³/mol. The lowest BCUT2D eigenvalue weighted by molar-refractivity contribution is 0.588. The van der Waals surface area contributed by atoms with Crippen molar-refractivity contribution in [3.63, 3.8) is 0 Å². The van der Waals surface area contributed by atoms with Gasteiger partial charge in [-0.05, 0) is 17.7 Å². The molecule has 0 amide bonds. The number of hydrogen-bond acceptors (Lipinski definition) is 2. The van der Waals surface area contributed by atoms with Crippen molar-refractivity contribution in [2.75, 3.05) is 0 Å². The molecule has 0 aromatic heterocycles. The fourth-order valence-electron chi connectivity index (χ4n) is 1.35. The summed E-state index contributed by atoms with van der Waals surface area (Å²) in [6.45, 7) is 12.0. The molecule has 1 N–H and O–H groups in total. The Kier molecular flexibility index (Phi) is 4.88. The van der Waals surface area contributed by atoms with E-state index in [0.29, 0.717) is 6.04 Å². The van der Waals surface area contributed by atoms with Crippen LogP contribution in [-0.2, 0) is 6.54 Å². The maximum absolute atomic E-state index is 3.42. The van der Waals surface area contributed by atoms with Gasteiger partial charge in [0.1, 0.15) is 0 Å². The number of nitrogens with one attached hydrogen (secondary N) is 1. The van der Waals surface area contributed by atoms with Crippen molar-refractivity contribution in [1.82, 2.24) is 5.32 Å². The third-order valence-corrected chi connectivity index (χ3v) is 3.18. The van der Waals surface area contributed by atoms with E-state index in [1.165, 1.54) is 10.5 Å². The second-order valence-corrected chi connectivity index (χ2v) is 7.29. The summed E-state index contributed by atoms with van der Waals surface area (Å²) < 4.78 is 0.289. The standard InChI is InChI=1S/C14H23NS/c1-11(2)15-10-12-6-8-13(9-7-12)16-14(3,4)5/h6-9,11,15H,10H2,1-5H3. The number of thioether (sulfide) groups is 1. The molecule has 0 atom stereocenters. The lowest BCUT2D eigenvalue weighted by atomic mass is 10.2. The second kappa shape index (κ2) is 5.74. The molecule has 90 valence electrons. The van der Waals surface area contributed by atoms with Crippen molar-refractivity contribution in [2.24, 2.45) is 0 Å². The normalized spacial score (nSPS) is 12.1. The van der Waals surface area contributed by atoms with Gasteiger partial charge in [-0.15, -0.1) is 11.8 Å². The average molecular weight is 237 g/mol. The zero-order chi connectivity index (χ0) is 12.2. The van der Waals surface area contributed by atoms with Crippen LogP contribution in [0.25, 0.3) is 0 Å². The number of benzene rings is 1. The molecule has 1 rings (SSSR count). The van der Waals surface area contributed by atoms with Gasteiger partial charge in [-0.25, -0.2) is 0 Å². The first-order chi connectivity index (χ1) is 7.37. The molecule has 0 saturated heterocycles. The second-order valence-electron chi connectivity index (χ2n) is 5.39. The third-order valence-electron chi connectivity index (χ3n) is 2.06. The van der Waals surface area contributed by atoms with Gasteiger partial charge in [0.15, 0.2) is 0 Å². The molecule has 0 heterocycles. The minimum Gasteiger partial charge on any atom is -0.310 e. The van der Waals surface area contributed by atoms with Crippen molar-refractivity contribution >= 4 is 11.8 Å². The molecule has 0 saturated carbocycles. The van der Waals surface area contributed by atoms with E-state index in [0.717, 1.165) is 6.54 Å². The molecular weight excluding hydrogens is 214 g/mol. The van der Waals surface area contributed by atoms with Crippen LogP contribution in [0.3, 0.4) is 0 Å². The summed E-state index contributed by atoms with van der Waals surface area (Å²) in [4.78, 5) is 1.35. The molecule has 16 heavy (non-hydrogen) atoms. The molecule has 1 aromatic carbocycles. The Morgan fingerprint density at radius 2 is 1.69 bits per heavy atom. The Hall–Kier alpha value is -0.470. The van der Waals surface area contributed by atoms with Gasteiger partial charge in [0.05, 0.1) is 0 Å². The number of hydrogen-bond donors (Lipinski definition) is 1. The van der Waals surface area contributed by atoms with E-state index in [1.807, 2.05) is 11.8 Å². The lowest BCUT2D eigenvalue weighted by Gasteiger charge is -2.17. The minimum absolute atomic E-state index is 0.289. The predicted octanol–water partition coefficient (Wildman–Crippen LogP) is 4.08. The summed E-state index contributed by atoms with van der Waals surface area (Å²) in [5, 5.41) is 3.42. The monoisotopic (exact) mass is 237 g/mol. The maximum atomic E-state index is 3.42. The van der Waals surface area contributed by atoms with Crippen molar-refractivity contribution in [3.8, 4) is 0 Å². The van der Waals surface area contributed by atoms with E-state index < -0.39 is 0 Å². The van der Waals surface area contributed by atoms with Gasteiger partial charge in [-0.1, -0.05) is 46.8 Å². The maximum Gasteiger partial charge on any atom is 0.0207 e. The van der Waals surface area contributed by atoms with Crippen LogP contribution < -0.4 is 5.32 Å². The minimum atomic E-state index is 0.289. The summed E-state index contributed by atoms with van der Waals surface area (Å²) >= 11 is 1.91. The van der Waals surface area contributed by atoms with E-state index in [-0.39, 0.29) is 4.75 Å². The van der Waals surface area contributed by atoms with E-state index in [2.05, 4.69) is 64.2 Å². The fourth-order valence-corrected chi connectivity index (χ4v) is 2.33. The molecular formula is C14H23NS. The first kappa shape index (κ1) is 13.6. The zero-order valence-corrected chi connectivity index (χ0v) is 11.8.